The number of pyridine rings is 1. The molecule has 6 nitrogen and oxygen atoms in total. The number of nitrogens with one attached hydrogen (secondary N) is 2. The van der Waals surface area contributed by atoms with Crippen LogP contribution in [0.4, 0.5) is 5.82 Å². The van der Waals surface area contributed by atoms with E-state index in [1.165, 1.54) is 11.1 Å². The van der Waals surface area contributed by atoms with E-state index in [2.05, 4.69) is 15.6 Å². The van der Waals surface area contributed by atoms with Crippen molar-refractivity contribution in [1.82, 2.24) is 15.2 Å². The van der Waals surface area contributed by atoms with E-state index < -0.39 is 0 Å². The Bertz CT molecular complexity index is 400. The maximum absolute atomic E-state index is 11.6. The lowest BCUT2D eigenvalue weighted by Crippen LogP contribution is -2.26. The van der Waals surface area contributed by atoms with Crippen LogP contribution < -0.4 is 10.6 Å². The summed E-state index contributed by atoms with van der Waals surface area (Å²) in [5.74, 6) is 0.333. The van der Waals surface area contributed by atoms with Gasteiger partial charge < -0.3 is 15.5 Å². The first kappa shape index (κ1) is 13.0. The Morgan fingerprint density at radius 1 is 1.35 bits per heavy atom. The number of anilines is 1. The maximum Gasteiger partial charge on any atom is 0.254 e. The molecule has 0 unspecified atom stereocenters. The van der Waals surface area contributed by atoms with Gasteiger partial charge in [0, 0.05) is 27.3 Å². The number of amides is 2. The lowest BCUT2D eigenvalue weighted by molar-refractivity contribution is -0.118. The normalized spacial score (nSPS) is 9.59. The highest BCUT2D eigenvalue weighted by molar-refractivity contribution is 5.93. The van der Waals surface area contributed by atoms with Crippen LogP contribution in [-0.2, 0) is 4.79 Å². The summed E-state index contributed by atoms with van der Waals surface area (Å²) in [6.07, 6.45) is 1.48. The van der Waals surface area contributed by atoms with E-state index in [-0.39, 0.29) is 18.4 Å². The highest BCUT2D eigenvalue weighted by Gasteiger charge is 2.08. The lowest BCUT2D eigenvalue weighted by atomic mass is 10.2. The van der Waals surface area contributed by atoms with Gasteiger partial charge in [-0.2, -0.15) is 0 Å². The minimum atomic E-state index is -0.125. The van der Waals surface area contributed by atoms with Gasteiger partial charge in [-0.05, 0) is 12.1 Å². The van der Waals surface area contributed by atoms with E-state index in [4.69, 9.17) is 0 Å². The van der Waals surface area contributed by atoms with Gasteiger partial charge in [0.05, 0.1) is 12.1 Å². The molecular weight excluding hydrogens is 220 g/mol. The van der Waals surface area contributed by atoms with Crippen molar-refractivity contribution >= 4 is 17.6 Å². The second kappa shape index (κ2) is 5.83. The van der Waals surface area contributed by atoms with Gasteiger partial charge in [0.1, 0.15) is 5.82 Å². The number of likely N-dealkylation sites (N-methyl/N-ethyl adjacent to an activating group) is 1. The minimum absolute atomic E-state index is 0.102. The Balaban J connectivity index is 2.62. The number of rotatable bonds is 4. The summed E-state index contributed by atoms with van der Waals surface area (Å²) in [5, 5.41) is 5.33. The topological polar surface area (TPSA) is 74.3 Å². The molecule has 6 heteroatoms. The zero-order chi connectivity index (χ0) is 12.8. The molecule has 92 valence electrons. The van der Waals surface area contributed by atoms with Crippen LogP contribution >= 0.6 is 0 Å². The molecule has 1 aromatic heterocycles. The third-order valence-electron chi connectivity index (χ3n) is 2.13. The predicted molar refractivity (Wildman–Crippen MR) is 64.8 cm³/mol. The second-order valence-electron chi connectivity index (χ2n) is 3.66. The Morgan fingerprint density at radius 2 is 2.06 bits per heavy atom. The van der Waals surface area contributed by atoms with Crippen LogP contribution in [0.25, 0.3) is 0 Å². The molecule has 17 heavy (non-hydrogen) atoms. The van der Waals surface area contributed by atoms with Crippen LogP contribution in [0, 0.1) is 0 Å². The van der Waals surface area contributed by atoms with Gasteiger partial charge >= 0.3 is 0 Å². The highest BCUT2D eigenvalue weighted by Crippen LogP contribution is 2.06. The van der Waals surface area contributed by atoms with Gasteiger partial charge in [-0.15, -0.1) is 0 Å². The number of hydrogen-bond donors (Lipinski definition) is 2. The number of carbonyl (C=O) groups excluding carboxylic acids is 2. The molecule has 0 saturated carbocycles. The third-order valence-corrected chi connectivity index (χ3v) is 2.13. The zero-order valence-corrected chi connectivity index (χ0v) is 10.2. The number of hydrogen-bond acceptors (Lipinski definition) is 4. The average Bonchev–Trinajstić information content (AvgIpc) is 2.35. The Hall–Kier alpha value is -2.11. The number of carbonyl (C=O) groups is 2. The van der Waals surface area contributed by atoms with Gasteiger partial charge in [0.15, 0.2) is 0 Å². The molecule has 0 bridgehead atoms. The molecule has 0 aromatic carbocycles. The fourth-order valence-electron chi connectivity index (χ4n) is 1.14. The fourth-order valence-corrected chi connectivity index (χ4v) is 1.14. The summed E-state index contributed by atoms with van der Waals surface area (Å²) >= 11 is 0. The van der Waals surface area contributed by atoms with E-state index in [1.54, 1.807) is 33.3 Å². The third kappa shape index (κ3) is 3.75. The molecule has 0 radical (unpaired) electrons. The van der Waals surface area contributed by atoms with Gasteiger partial charge in [-0.25, -0.2) is 4.98 Å². The van der Waals surface area contributed by atoms with E-state index in [0.717, 1.165) is 0 Å². The Kier molecular flexibility index (Phi) is 4.45. The highest BCUT2D eigenvalue weighted by atomic mass is 16.2. The number of nitrogens with zero attached hydrogens (tertiary/aromatic N) is 2. The van der Waals surface area contributed by atoms with Gasteiger partial charge in [0.2, 0.25) is 5.91 Å². The van der Waals surface area contributed by atoms with E-state index >= 15 is 0 Å². The van der Waals surface area contributed by atoms with Crippen molar-refractivity contribution in [3.63, 3.8) is 0 Å². The van der Waals surface area contributed by atoms with Crippen molar-refractivity contribution in [2.45, 2.75) is 0 Å². The molecule has 1 heterocycles. The van der Waals surface area contributed by atoms with Crippen LogP contribution in [0.3, 0.4) is 0 Å². The molecule has 0 saturated heterocycles. The van der Waals surface area contributed by atoms with Crippen LogP contribution in [0.5, 0.6) is 0 Å². The van der Waals surface area contributed by atoms with Crippen LogP contribution in [-0.4, -0.2) is 49.4 Å². The first-order valence-electron chi connectivity index (χ1n) is 5.16. The van der Waals surface area contributed by atoms with Gasteiger partial charge in [0.25, 0.3) is 5.91 Å². The molecule has 0 spiro atoms. The van der Waals surface area contributed by atoms with E-state index in [1.807, 2.05) is 0 Å². The lowest BCUT2D eigenvalue weighted by Gasteiger charge is -2.10. The Morgan fingerprint density at radius 3 is 2.53 bits per heavy atom. The molecule has 0 aliphatic carbocycles. The molecule has 2 N–H and O–H groups in total. The van der Waals surface area contributed by atoms with E-state index in [9.17, 15) is 9.59 Å². The molecule has 0 atom stereocenters. The van der Waals surface area contributed by atoms with Crippen molar-refractivity contribution in [1.29, 1.82) is 0 Å². The molecule has 1 rings (SSSR count). The maximum atomic E-state index is 11.6. The van der Waals surface area contributed by atoms with Crippen molar-refractivity contribution < 1.29 is 9.59 Å². The summed E-state index contributed by atoms with van der Waals surface area (Å²) in [5.41, 5.74) is 0.514. The standard InChI is InChI=1S/C11H16N4O2/c1-12-10(16)7-14-9-5-4-8(6-13-9)11(17)15(2)3/h4-6H,7H2,1-3H3,(H,12,16)(H,13,14). The summed E-state index contributed by atoms with van der Waals surface area (Å²) in [4.78, 5) is 28.1. The monoisotopic (exact) mass is 236 g/mol. The molecule has 1 aromatic rings. The summed E-state index contributed by atoms with van der Waals surface area (Å²) < 4.78 is 0. The smallest absolute Gasteiger partial charge is 0.254 e. The van der Waals surface area contributed by atoms with Crippen molar-refractivity contribution in [2.24, 2.45) is 0 Å². The molecule has 2 amide bonds. The first-order valence-corrected chi connectivity index (χ1v) is 5.16. The molecular formula is C11H16N4O2. The quantitative estimate of drug-likeness (QED) is 0.768. The predicted octanol–water partition coefficient (Wildman–Crippen LogP) is -0.0587. The summed E-state index contributed by atoms with van der Waals surface area (Å²) in [7, 11) is 4.93. The molecule has 0 aliphatic heterocycles. The van der Waals surface area contributed by atoms with Crippen molar-refractivity contribution in [3.05, 3.63) is 23.9 Å². The molecule has 0 aliphatic rings. The zero-order valence-electron chi connectivity index (χ0n) is 10.2. The second-order valence-corrected chi connectivity index (χ2v) is 3.66. The van der Waals surface area contributed by atoms with Crippen LogP contribution in [0.15, 0.2) is 18.3 Å². The first-order chi connectivity index (χ1) is 8.04. The van der Waals surface area contributed by atoms with Gasteiger partial charge in [-0.1, -0.05) is 0 Å². The van der Waals surface area contributed by atoms with Crippen molar-refractivity contribution in [3.8, 4) is 0 Å². The SMILES string of the molecule is CNC(=O)CNc1ccc(C(=O)N(C)C)cn1. The van der Waals surface area contributed by atoms with E-state index in [0.29, 0.717) is 11.4 Å². The van der Waals surface area contributed by atoms with Crippen LogP contribution in [0.1, 0.15) is 10.4 Å². The van der Waals surface area contributed by atoms with Crippen molar-refractivity contribution in [2.75, 3.05) is 33.0 Å². The Labute approximate surface area is 100 Å². The van der Waals surface area contributed by atoms with Gasteiger partial charge in [-0.3, -0.25) is 9.59 Å². The number of aromatic nitrogens is 1. The summed E-state index contributed by atoms with van der Waals surface area (Å²) in [6.45, 7) is 0.157. The fraction of sp³-hybridized carbons (Fsp3) is 0.364. The minimum Gasteiger partial charge on any atom is -0.361 e. The molecule has 0 fully saturated rings. The largest absolute Gasteiger partial charge is 0.361 e. The van der Waals surface area contributed by atoms with Crippen LogP contribution in [0.2, 0.25) is 0 Å². The average molecular weight is 236 g/mol. The summed E-state index contributed by atoms with van der Waals surface area (Å²) in [6, 6.07) is 3.33.